The van der Waals surface area contributed by atoms with E-state index in [0.717, 1.165) is 11.3 Å². The van der Waals surface area contributed by atoms with Gasteiger partial charge < -0.3 is 30.3 Å². The van der Waals surface area contributed by atoms with Crippen molar-refractivity contribution in [2.45, 2.75) is 6.18 Å². The number of amides is 1. The number of hydrogen-bond donors (Lipinski definition) is 4. The van der Waals surface area contributed by atoms with Gasteiger partial charge in [-0.15, -0.1) is 0 Å². The van der Waals surface area contributed by atoms with E-state index in [1.165, 1.54) is 0 Å². The SMILES string of the molecule is COc1cccc(C(=O)Nc2ccc(OCCNCCO)c(-c3ccnn3C)c2)c1.O=C(O)C(F)(F)F. The monoisotopic (exact) mass is 524 g/mol. The highest BCUT2D eigenvalue weighted by Gasteiger charge is 2.38. The van der Waals surface area contributed by atoms with Crippen LogP contribution in [0.3, 0.4) is 0 Å². The minimum atomic E-state index is -5.08. The summed E-state index contributed by atoms with van der Waals surface area (Å²) in [6, 6.07) is 14.4. The average molecular weight is 524 g/mol. The Labute approximate surface area is 210 Å². The van der Waals surface area contributed by atoms with E-state index in [4.69, 9.17) is 24.5 Å². The lowest BCUT2D eigenvalue weighted by Gasteiger charge is -2.14. The van der Waals surface area contributed by atoms with Crippen LogP contribution in [0.2, 0.25) is 0 Å². The number of benzene rings is 2. The summed E-state index contributed by atoms with van der Waals surface area (Å²) in [6.07, 6.45) is -3.37. The van der Waals surface area contributed by atoms with Gasteiger partial charge in [0.25, 0.3) is 5.91 Å². The van der Waals surface area contributed by atoms with Gasteiger partial charge in [0.05, 0.1) is 19.4 Å². The summed E-state index contributed by atoms with van der Waals surface area (Å²) < 4.78 is 44.6. The molecule has 0 fully saturated rings. The molecule has 0 spiro atoms. The topological polar surface area (TPSA) is 135 Å². The third-order valence-electron chi connectivity index (χ3n) is 4.73. The first-order valence-corrected chi connectivity index (χ1v) is 10.9. The van der Waals surface area contributed by atoms with Crippen molar-refractivity contribution in [3.63, 3.8) is 0 Å². The van der Waals surface area contributed by atoms with Gasteiger partial charge in [0.1, 0.15) is 18.1 Å². The second-order valence-electron chi connectivity index (χ2n) is 7.36. The number of methoxy groups -OCH3 is 1. The van der Waals surface area contributed by atoms with Crippen LogP contribution in [0.25, 0.3) is 11.3 Å². The van der Waals surface area contributed by atoms with Gasteiger partial charge in [-0.2, -0.15) is 18.3 Å². The number of aliphatic hydroxyl groups excluding tert-OH is 1. The Morgan fingerprint density at radius 2 is 1.84 bits per heavy atom. The first kappa shape index (κ1) is 29.1. The maximum Gasteiger partial charge on any atom is 0.490 e. The first-order chi connectivity index (χ1) is 17.6. The number of aliphatic carboxylic acids is 1. The third kappa shape index (κ3) is 9.13. The largest absolute Gasteiger partial charge is 0.497 e. The fraction of sp³-hybridized carbons (Fsp3) is 0.292. The number of aryl methyl sites for hydroxylation is 1. The number of anilines is 1. The molecule has 2 aromatic carbocycles. The minimum absolute atomic E-state index is 0.0853. The average Bonchev–Trinajstić information content (AvgIpc) is 3.30. The molecule has 0 bridgehead atoms. The molecule has 37 heavy (non-hydrogen) atoms. The minimum Gasteiger partial charge on any atom is -0.497 e. The van der Waals surface area contributed by atoms with Gasteiger partial charge in [-0.3, -0.25) is 9.48 Å². The fourth-order valence-electron chi connectivity index (χ4n) is 2.98. The highest BCUT2D eigenvalue weighted by molar-refractivity contribution is 6.04. The lowest BCUT2D eigenvalue weighted by atomic mass is 10.1. The molecule has 0 aliphatic rings. The Bertz CT molecular complexity index is 1180. The summed E-state index contributed by atoms with van der Waals surface area (Å²) in [6.45, 7) is 1.66. The number of carbonyl (C=O) groups is 2. The van der Waals surface area contributed by atoms with E-state index in [0.29, 0.717) is 42.4 Å². The van der Waals surface area contributed by atoms with Crippen molar-refractivity contribution in [1.29, 1.82) is 0 Å². The number of ether oxygens (including phenoxy) is 2. The molecule has 0 saturated heterocycles. The number of carbonyl (C=O) groups excluding carboxylic acids is 1. The van der Waals surface area contributed by atoms with Crippen LogP contribution < -0.4 is 20.1 Å². The van der Waals surface area contributed by atoms with Gasteiger partial charge in [-0.05, 0) is 42.5 Å². The number of nitrogens with one attached hydrogen (secondary N) is 2. The summed E-state index contributed by atoms with van der Waals surface area (Å²) in [5.41, 5.74) is 2.84. The molecule has 0 unspecified atom stereocenters. The van der Waals surface area contributed by atoms with Crippen LogP contribution >= 0.6 is 0 Å². The van der Waals surface area contributed by atoms with Crippen LogP contribution in [-0.2, 0) is 11.8 Å². The molecule has 10 nitrogen and oxygen atoms in total. The van der Waals surface area contributed by atoms with Crippen LogP contribution in [0.1, 0.15) is 10.4 Å². The molecule has 13 heteroatoms. The van der Waals surface area contributed by atoms with E-state index < -0.39 is 12.1 Å². The van der Waals surface area contributed by atoms with Crippen molar-refractivity contribution in [3.8, 4) is 22.8 Å². The molecule has 3 rings (SSSR count). The molecule has 200 valence electrons. The van der Waals surface area contributed by atoms with Gasteiger partial charge in [0.2, 0.25) is 0 Å². The number of rotatable bonds is 10. The van der Waals surface area contributed by atoms with Crippen LogP contribution in [0.4, 0.5) is 18.9 Å². The lowest BCUT2D eigenvalue weighted by Crippen LogP contribution is -2.24. The van der Waals surface area contributed by atoms with Gasteiger partial charge >= 0.3 is 12.1 Å². The van der Waals surface area contributed by atoms with E-state index >= 15 is 0 Å². The second-order valence-corrected chi connectivity index (χ2v) is 7.36. The van der Waals surface area contributed by atoms with Crippen molar-refractivity contribution < 1.29 is 42.4 Å². The van der Waals surface area contributed by atoms with Crippen molar-refractivity contribution in [2.75, 3.05) is 38.7 Å². The van der Waals surface area contributed by atoms with Gasteiger partial charge in [-0.1, -0.05) is 6.07 Å². The Balaban J connectivity index is 0.000000604. The van der Waals surface area contributed by atoms with Crippen molar-refractivity contribution in [2.24, 2.45) is 7.05 Å². The summed E-state index contributed by atoms with van der Waals surface area (Å²) in [7, 11) is 3.42. The van der Waals surface area contributed by atoms with Gasteiger partial charge in [-0.25, -0.2) is 4.79 Å². The Hall–Kier alpha value is -4.10. The Kier molecular flexibility index (Phi) is 10.9. The summed E-state index contributed by atoms with van der Waals surface area (Å²) in [4.78, 5) is 21.6. The van der Waals surface area contributed by atoms with Gasteiger partial charge in [0.15, 0.2) is 0 Å². The standard InChI is InChI=1S/C22H26N4O4.C2HF3O2/c1-26-20(8-9-24-26)19-15-17(6-7-21(19)30-13-11-23-10-12-27)25-22(28)16-4-3-5-18(14-16)29-2;3-2(4,5)1(6)7/h3-9,14-15,23,27H,10-13H2,1-2H3,(H,25,28);(H,6,7). The number of aliphatic hydroxyl groups is 1. The number of aromatic nitrogens is 2. The van der Waals surface area contributed by atoms with Crippen molar-refractivity contribution >= 4 is 17.6 Å². The van der Waals surface area contributed by atoms with E-state index in [2.05, 4.69) is 15.7 Å². The Morgan fingerprint density at radius 1 is 1.11 bits per heavy atom. The molecule has 0 radical (unpaired) electrons. The van der Waals surface area contributed by atoms with Crippen LogP contribution in [0.5, 0.6) is 11.5 Å². The van der Waals surface area contributed by atoms with E-state index in [1.54, 1.807) is 48.3 Å². The van der Waals surface area contributed by atoms with E-state index in [1.807, 2.05) is 25.2 Å². The normalized spacial score (nSPS) is 10.8. The summed E-state index contributed by atoms with van der Waals surface area (Å²) in [5.74, 6) is -1.68. The molecule has 3 aromatic rings. The third-order valence-corrected chi connectivity index (χ3v) is 4.73. The highest BCUT2D eigenvalue weighted by Crippen LogP contribution is 2.32. The summed E-state index contributed by atoms with van der Waals surface area (Å²) in [5, 5.41) is 26.2. The first-order valence-electron chi connectivity index (χ1n) is 10.9. The predicted molar refractivity (Wildman–Crippen MR) is 129 cm³/mol. The maximum absolute atomic E-state index is 12.7. The van der Waals surface area contributed by atoms with Crippen molar-refractivity contribution in [1.82, 2.24) is 15.1 Å². The molecule has 0 saturated carbocycles. The highest BCUT2D eigenvalue weighted by atomic mass is 19.4. The molecule has 1 amide bonds. The molecule has 0 atom stereocenters. The number of hydrogen-bond acceptors (Lipinski definition) is 7. The fourth-order valence-corrected chi connectivity index (χ4v) is 2.98. The molecule has 4 N–H and O–H groups in total. The van der Waals surface area contributed by atoms with Crippen molar-refractivity contribution in [3.05, 3.63) is 60.3 Å². The lowest BCUT2D eigenvalue weighted by molar-refractivity contribution is -0.192. The molecule has 1 heterocycles. The van der Waals surface area contributed by atoms with Gasteiger partial charge in [0, 0.05) is 43.1 Å². The van der Waals surface area contributed by atoms with E-state index in [-0.39, 0.29) is 12.5 Å². The number of nitrogens with zero attached hydrogens (tertiary/aromatic N) is 2. The quantitative estimate of drug-likeness (QED) is 0.298. The zero-order valence-corrected chi connectivity index (χ0v) is 20.1. The smallest absolute Gasteiger partial charge is 0.490 e. The van der Waals surface area contributed by atoms with E-state index in [9.17, 15) is 18.0 Å². The maximum atomic E-state index is 12.7. The number of alkyl halides is 3. The molecule has 1 aromatic heterocycles. The number of carboxylic acids is 1. The molecular weight excluding hydrogens is 497 g/mol. The van der Waals surface area contributed by atoms with Crippen LogP contribution in [0.15, 0.2) is 54.7 Å². The van der Waals surface area contributed by atoms with Crippen LogP contribution in [0, 0.1) is 0 Å². The summed E-state index contributed by atoms with van der Waals surface area (Å²) >= 11 is 0. The molecular formula is C24H27F3N4O6. The molecule has 0 aliphatic carbocycles. The van der Waals surface area contributed by atoms with Crippen LogP contribution in [-0.4, -0.2) is 71.5 Å². The number of halogens is 3. The zero-order chi connectivity index (χ0) is 27.4. The zero-order valence-electron chi connectivity index (χ0n) is 20.1. The number of carboxylic acid groups (broad SMARTS) is 1. The predicted octanol–water partition coefficient (Wildman–Crippen LogP) is 2.94. The second kappa shape index (κ2) is 13.8. The Morgan fingerprint density at radius 3 is 2.43 bits per heavy atom. The molecule has 0 aliphatic heterocycles.